The Labute approximate surface area is 362 Å². The minimum Gasteiger partial charge on any atom is -0.310 e. The van der Waals surface area contributed by atoms with Crippen molar-refractivity contribution in [3.8, 4) is 33.4 Å². The first-order chi connectivity index (χ1) is 31.3. The Morgan fingerprint density at radius 2 is 0.934 bits per heavy atom. The SMILES string of the molecule is [2H]c1c([2H])c(N(c2ccc(-c3cc4ccccc4c4ccccc34)cc2)c2ccc3c(c2)C(C)(C)c2ccccc2-3)c([2H])c2c1-c1ccccc1C2(c1ccccc1)c1ccccc1. The number of fused-ring (bicyclic) bond motifs is 9. The average molecular weight is 781 g/mol. The third kappa shape index (κ3) is 5.20. The van der Waals surface area contributed by atoms with Crippen LogP contribution in [0.2, 0.25) is 0 Å². The van der Waals surface area contributed by atoms with Crippen LogP contribution < -0.4 is 4.90 Å². The first-order valence-electron chi connectivity index (χ1n) is 22.7. The summed E-state index contributed by atoms with van der Waals surface area (Å²) in [6.07, 6.45) is 0. The van der Waals surface area contributed by atoms with E-state index in [1.165, 1.54) is 43.8 Å². The number of rotatable bonds is 6. The standard InChI is InChI=1S/C60H43N/c1-59(2)55-27-15-13-25-50(55)52-35-33-45(38-57(52)59)61(44-31-29-40(30-32-44)54-37-41-17-9-10-22-47(41)48-23-11-12-24-49(48)54)46-34-36-53-51-26-14-16-28-56(51)60(58(53)39-46,42-18-5-3-6-19-42)43-20-7-4-8-21-43/h3-39H,1-2H3/i34D,36D,39D. The third-order valence-electron chi connectivity index (χ3n) is 13.4. The minimum absolute atomic E-state index is 0.0168. The van der Waals surface area contributed by atoms with Gasteiger partial charge in [-0.1, -0.05) is 196 Å². The summed E-state index contributed by atoms with van der Waals surface area (Å²) in [5.41, 5.74) is 13.2. The van der Waals surface area contributed by atoms with E-state index < -0.39 is 5.41 Å². The van der Waals surface area contributed by atoms with Crippen LogP contribution in [-0.4, -0.2) is 0 Å². The molecule has 0 aromatic heterocycles. The lowest BCUT2D eigenvalue weighted by molar-refractivity contribution is 0.660. The number of hydrogen-bond donors (Lipinski definition) is 0. The lowest BCUT2D eigenvalue weighted by atomic mass is 9.67. The van der Waals surface area contributed by atoms with Crippen LogP contribution in [0.25, 0.3) is 54.9 Å². The fourth-order valence-electron chi connectivity index (χ4n) is 10.6. The van der Waals surface area contributed by atoms with Gasteiger partial charge in [0.15, 0.2) is 0 Å². The number of hydrogen-bond acceptors (Lipinski definition) is 1. The largest absolute Gasteiger partial charge is 0.310 e. The van der Waals surface area contributed by atoms with E-state index in [9.17, 15) is 4.11 Å². The molecule has 0 heterocycles. The maximum Gasteiger partial charge on any atom is 0.0714 e. The summed E-state index contributed by atoms with van der Waals surface area (Å²) in [7, 11) is 0. The molecule has 0 atom stereocenters. The zero-order valence-electron chi connectivity index (χ0n) is 37.1. The van der Waals surface area contributed by atoms with Gasteiger partial charge in [-0.15, -0.1) is 0 Å². The molecule has 0 bridgehead atoms. The van der Waals surface area contributed by atoms with Crippen LogP contribution in [0.1, 0.15) is 51.3 Å². The molecule has 1 heteroatoms. The van der Waals surface area contributed by atoms with Crippen molar-refractivity contribution in [1.29, 1.82) is 0 Å². The van der Waals surface area contributed by atoms with E-state index in [1.54, 1.807) is 0 Å². The molecule has 0 spiro atoms. The maximum absolute atomic E-state index is 10.7. The van der Waals surface area contributed by atoms with E-state index in [0.29, 0.717) is 11.3 Å². The van der Waals surface area contributed by atoms with E-state index in [0.717, 1.165) is 50.3 Å². The third-order valence-corrected chi connectivity index (χ3v) is 13.4. The van der Waals surface area contributed by atoms with Crippen molar-refractivity contribution in [2.24, 2.45) is 0 Å². The molecule has 288 valence electrons. The lowest BCUT2D eigenvalue weighted by Crippen LogP contribution is -2.28. The highest BCUT2D eigenvalue weighted by molar-refractivity contribution is 6.13. The smallest absolute Gasteiger partial charge is 0.0714 e. The molecule has 0 radical (unpaired) electrons. The van der Waals surface area contributed by atoms with Crippen molar-refractivity contribution in [2.75, 3.05) is 4.90 Å². The van der Waals surface area contributed by atoms with E-state index in [-0.39, 0.29) is 23.5 Å². The minimum atomic E-state index is -0.919. The Balaban J connectivity index is 1.13. The molecule has 12 rings (SSSR count). The summed E-state index contributed by atoms with van der Waals surface area (Å²) < 4.78 is 30.7. The fourth-order valence-corrected chi connectivity index (χ4v) is 10.6. The predicted octanol–water partition coefficient (Wildman–Crippen LogP) is 15.8. The molecule has 2 aliphatic rings. The lowest BCUT2D eigenvalue weighted by Gasteiger charge is -2.35. The fraction of sp³-hybridized carbons (Fsp3) is 0.0667. The second-order valence-electron chi connectivity index (χ2n) is 17.0. The normalized spacial score (nSPS) is 14.7. The summed E-state index contributed by atoms with van der Waals surface area (Å²) in [6, 6.07) is 72.8. The highest BCUT2D eigenvalue weighted by Crippen LogP contribution is 2.58. The molecule has 0 saturated heterocycles. The molecule has 0 saturated carbocycles. The van der Waals surface area contributed by atoms with Crippen LogP contribution in [0.5, 0.6) is 0 Å². The predicted molar refractivity (Wildman–Crippen MR) is 256 cm³/mol. The zero-order valence-corrected chi connectivity index (χ0v) is 34.1. The van der Waals surface area contributed by atoms with E-state index >= 15 is 0 Å². The van der Waals surface area contributed by atoms with Crippen molar-refractivity contribution in [3.05, 3.63) is 258 Å². The Bertz CT molecular complexity index is 3460. The average Bonchev–Trinajstić information content (AvgIpc) is 3.79. The topological polar surface area (TPSA) is 3.24 Å². The van der Waals surface area contributed by atoms with Crippen LogP contribution in [0, 0.1) is 0 Å². The van der Waals surface area contributed by atoms with Gasteiger partial charge < -0.3 is 4.90 Å². The molecule has 61 heavy (non-hydrogen) atoms. The monoisotopic (exact) mass is 780 g/mol. The number of anilines is 3. The summed E-state index contributed by atoms with van der Waals surface area (Å²) in [6.45, 7) is 4.56. The second kappa shape index (κ2) is 13.5. The van der Waals surface area contributed by atoms with Gasteiger partial charge in [-0.05, 0) is 131 Å². The molecular weight excluding hydrogens is 735 g/mol. The molecule has 2 aliphatic carbocycles. The Morgan fingerprint density at radius 3 is 1.66 bits per heavy atom. The number of benzene rings is 10. The van der Waals surface area contributed by atoms with Gasteiger partial charge in [-0.3, -0.25) is 0 Å². The first-order valence-corrected chi connectivity index (χ1v) is 21.2. The van der Waals surface area contributed by atoms with Gasteiger partial charge in [-0.2, -0.15) is 0 Å². The summed E-state index contributed by atoms with van der Waals surface area (Å²) in [4.78, 5) is 2.08. The highest BCUT2D eigenvalue weighted by atomic mass is 15.1. The van der Waals surface area contributed by atoms with Crippen LogP contribution in [0.3, 0.4) is 0 Å². The molecule has 0 unspecified atom stereocenters. The zero-order chi connectivity index (χ0) is 43.3. The molecule has 0 amide bonds. The quantitative estimate of drug-likeness (QED) is 0.152. The summed E-state index contributed by atoms with van der Waals surface area (Å²) in [5.74, 6) is 0. The Kier molecular flexibility index (Phi) is 7.18. The molecule has 0 fully saturated rings. The van der Waals surface area contributed by atoms with Crippen molar-refractivity contribution in [1.82, 2.24) is 0 Å². The maximum atomic E-state index is 10.7. The molecule has 10 aromatic rings. The Morgan fingerprint density at radius 1 is 0.377 bits per heavy atom. The first kappa shape index (κ1) is 32.4. The van der Waals surface area contributed by atoms with Crippen LogP contribution in [0.15, 0.2) is 224 Å². The van der Waals surface area contributed by atoms with Gasteiger partial charge in [0.05, 0.1) is 9.53 Å². The highest BCUT2D eigenvalue weighted by Gasteiger charge is 2.46. The van der Waals surface area contributed by atoms with Gasteiger partial charge in [-0.25, -0.2) is 0 Å². The van der Waals surface area contributed by atoms with Gasteiger partial charge in [0.2, 0.25) is 0 Å². The van der Waals surface area contributed by atoms with Crippen LogP contribution in [-0.2, 0) is 10.8 Å². The molecule has 0 aliphatic heterocycles. The molecular formula is C60H43N. The second-order valence-corrected chi connectivity index (χ2v) is 17.0. The van der Waals surface area contributed by atoms with Gasteiger partial charge in [0, 0.05) is 22.5 Å². The van der Waals surface area contributed by atoms with Crippen LogP contribution in [0.4, 0.5) is 17.1 Å². The van der Waals surface area contributed by atoms with Crippen molar-refractivity contribution in [3.63, 3.8) is 0 Å². The van der Waals surface area contributed by atoms with Gasteiger partial charge >= 0.3 is 0 Å². The van der Waals surface area contributed by atoms with Crippen molar-refractivity contribution < 1.29 is 4.11 Å². The van der Waals surface area contributed by atoms with Crippen molar-refractivity contribution in [2.45, 2.75) is 24.7 Å². The molecule has 0 N–H and O–H groups in total. The van der Waals surface area contributed by atoms with E-state index in [2.05, 4.69) is 207 Å². The van der Waals surface area contributed by atoms with Gasteiger partial charge in [0.1, 0.15) is 0 Å². The molecule has 10 aromatic carbocycles. The van der Waals surface area contributed by atoms with Gasteiger partial charge in [0.25, 0.3) is 0 Å². The molecule has 1 nitrogen and oxygen atoms in total. The van der Waals surface area contributed by atoms with Crippen LogP contribution >= 0.6 is 0 Å². The van der Waals surface area contributed by atoms with Crippen molar-refractivity contribution >= 4 is 38.6 Å². The van der Waals surface area contributed by atoms with E-state index in [4.69, 9.17) is 0 Å². The summed E-state index contributed by atoms with van der Waals surface area (Å²) >= 11 is 0. The summed E-state index contributed by atoms with van der Waals surface area (Å²) in [5, 5.41) is 4.81. The number of nitrogens with zero attached hydrogens (tertiary/aromatic N) is 1. The Hall–Kier alpha value is -7.48. The van der Waals surface area contributed by atoms with E-state index in [1.807, 2.05) is 18.2 Å².